The minimum absolute atomic E-state index is 0.281. The average molecular weight is 275 g/mol. The molecule has 0 bridgehead atoms. The molecule has 0 radical (unpaired) electrons. The molecule has 1 aromatic rings. The first-order valence-corrected chi connectivity index (χ1v) is 6.97. The van der Waals surface area contributed by atoms with Gasteiger partial charge in [-0.2, -0.15) is 0 Å². The third kappa shape index (κ3) is 1.61. The van der Waals surface area contributed by atoms with Gasteiger partial charge >= 0.3 is 0 Å². The number of benzene rings is 1. The van der Waals surface area contributed by atoms with Crippen molar-refractivity contribution < 1.29 is 8.42 Å². The van der Waals surface area contributed by atoms with Crippen molar-refractivity contribution in [1.29, 1.82) is 0 Å². The molecule has 0 fully saturated rings. The zero-order valence-corrected chi connectivity index (χ0v) is 10.2. The van der Waals surface area contributed by atoms with E-state index in [9.17, 15) is 8.42 Å². The highest BCUT2D eigenvalue weighted by Crippen LogP contribution is 2.34. The van der Waals surface area contributed by atoms with Gasteiger partial charge in [-0.1, -0.05) is 22.9 Å². The molecule has 1 aromatic carbocycles. The Morgan fingerprint density at radius 1 is 1.43 bits per heavy atom. The molecule has 0 amide bonds. The third-order valence-corrected chi connectivity index (χ3v) is 4.97. The number of rotatable bonds is 0. The molecule has 0 aromatic heterocycles. The lowest BCUT2D eigenvalue weighted by Gasteiger charge is -2.22. The van der Waals surface area contributed by atoms with Crippen molar-refractivity contribution in [1.82, 2.24) is 0 Å². The highest BCUT2D eigenvalue weighted by molar-refractivity contribution is 9.10. The highest BCUT2D eigenvalue weighted by Gasteiger charge is 2.27. The van der Waals surface area contributed by atoms with Crippen LogP contribution in [-0.4, -0.2) is 14.2 Å². The summed E-state index contributed by atoms with van der Waals surface area (Å²) in [6.07, 6.45) is 0.728. The Labute approximate surface area is 92.4 Å². The second-order valence-corrected chi connectivity index (χ2v) is 6.68. The van der Waals surface area contributed by atoms with Crippen molar-refractivity contribution in [3.63, 3.8) is 0 Å². The first kappa shape index (κ1) is 10.2. The minimum Gasteiger partial charge on any atom is -0.224 e. The molecule has 0 saturated carbocycles. The Morgan fingerprint density at radius 3 is 2.86 bits per heavy atom. The summed E-state index contributed by atoms with van der Waals surface area (Å²) in [4.78, 5) is 0.513. The fourth-order valence-electron chi connectivity index (χ4n) is 1.79. The molecule has 0 aliphatic carbocycles. The Bertz CT molecular complexity index is 465. The summed E-state index contributed by atoms with van der Waals surface area (Å²) in [7, 11) is -3.01. The second kappa shape index (κ2) is 3.35. The molecule has 1 aliphatic heterocycles. The third-order valence-electron chi connectivity index (χ3n) is 2.66. The molecule has 0 spiro atoms. The first-order valence-electron chi connectivity index (χ1n) is 4.53. The number of hydrogen-bond acceptors (Lipinski definition) is 2. The van der Waals surface area contributed by atoms with Crippen molar-refractivity contribution in [3.8, 4) is 0 Å². The van der Waals surface area contributed by atoms with Crippen LogP contribution in [0, 0.1) is 0 Å². The lowest BCUT2D eigenvalue weighted by molar-refractivity contribution is 0.574. The molecule has 4 heteroatoms. The Balaban J connectivity index is 2.69. The van der Waals surface area contributed by atoms with Gasteiger partial charge in [0.1, 0.15) is 0 Å². The van der Waals surface area contributed by atoms with E-state index in [-0.39, 0.29) is 5.75 Å². The largest absolute Gasteiger partial charge is 0.224 e. The van der Waals surface area contributed by atoms with E-state index in [1.165, 1.54) is 0 Å². The van der Waals surface area contributed by atoms with Gasteiger partial charge in [0.2, 0.25) is 0 Å². The molecule has 0 saturated heterocycles. The van der Waals surface area contributed by atoms with Crippen molar-refractivity contribution in [2.45, 2.75) is 24.2 Å². The van der Waals surface area contributed by atoms with Crippen LogP contribution >= 0.6 is 15.9 Å². The molecule has 14 heavy (non-hydrogen) atoms. The molecular formula is C10H11BrO2S. The lowest BCUT2D eigenvalue weighted by atomic mass is 9.98. The van der Waals surface area contributed by atoms with Gasteiger partial charge in [-0.3, -0.25) is 0 Å². The van der Waals surface area contributed by atoms with Crippen LogP contribution in [0.15, 0.2) is 27.6 Å². The smallest absolute Gasteiger partial charge is 0.178 e. The monoisotopic (exact) mass is 274 g/mol. The van der Waals surface area contributed by atoms with Gasteiger partial charge in [-0.25, -0.2) is 8.42 Å². The molecule has 76 valence electrons. The van der Waals surface area contributed by atoms with Gasteiger partial charge in [-0.05, 0) is 36.1 Å². The van der Waals surface area contributed by atoms with E-state index in [1.54, 1.807) is 12.1 Å². The predicted molar refractivity (Wildman–Crippen MR) is 59.2 cm³/mol. The summed E-state index contributed by atoms with van der Waals surface area (Å²) in [6.45, 7) is 2.07. The number of sulfone groups is 1. The molecule has 2 nitrogen and oxygen atoms in total. The van der Waals surface area contributed by atoms with Crippen molar-refractivity contribution in [2.75, 3.05) is 5.75 Å². The molecule has 2 rings (SSSR count). The summed E-state index contributed by atoms with van der Waals surface area (Å²) in [5.41, 5.74) is 0.950. The van der Waals surface area contributed by atoms with Crippen molar-refractivity contribution in [2.24, 2.45) is 0 Å². The molecule has 1 aliphatic rings. The SMILES string of the molecule is CC1CCS(=O)(=O)c2ccc(Br)cc21. The van der Waals surface area contributed by atoms with Crippen molar-refractivity contribution >= 4 is 25.8 Å². The van der Waals surface area contributed by atoms with E-state index in [2.05, 4.69) is 22.9 Å². The van der Waals surface area contributed by atoms with Crippen LogP contribution in [0.5, 0.6) is 0 Å². The fourth-order valence-corrected chi connectivity index (χ4v) is 3.94. The predicted octanol–water partition coefficient (Wildman–Crippen LogP) is 2.73. The number of halogens is 1. The first-order chi connectivity index (χ1) is 6.50. The summed E-state index contributed by atoms with van der Waals surface area (Å²) in [5, 5.41) is 0. The molecular weight excluding hydrogens is 264 g/mol. The van der Waals surface area contributed by atoms with Gasteiger partial charge in [0.05, 0.1) is 10.6 Å². The normalized spacial score (nSPS) is 24.3. The van der Waals surface area contributed by atoms with Gasteiger partial charge in [0.15, 0.2) is 9.84 Å². The van der Waals surface area contributed by atoms with E-state index < -0.39 is 9.84 Å². The Kier molecular flexibility index (Phi) is 2.43. The van der Waals surface area contributed by atoms with Gasteiger partial charge < -0.3 is 0 Å². The van der Waals surface area contributed by atoms with Crippen LogP contribution in [0.3, 0.4) is 0 Å². The summed E-state index contributed by atoms with van der Waals surface area (Å²) < 4.78 is 24.4. The highest BCUT2D eigenvalue weighted by atomic mass is 79.9. The zero-order valence-electron chi connectivity index (χ0n) is 7.83. The molecule has 0 N–H and O–H groups in total. The standard InChI is InChI=1S/C10H11BrO2S/c1-7-4-5-14(12,13)10-3-2-8(11)6-9(7)10/h2-3,6-7H,4-5H2,1H3. The Morgan fingerprint density at radius 2 is 2.14 bits per heavy atom. The molecule has 1 heterocycles. The van der Waals surface area contributed by atoms with Crippen LogP contribution in [-0.2, 0) is 9.84 Å². The van der Waals surface area contributed by atoms with Crippen LogP contribution < -0.4 is 0 Å². The van der Waals surface area contributed by atoms with E-state index >= 15 is 0 Å². The summed E-state index contributed by atoms with van der Waals surface area (Å²) in [5.74, 6) is 0.619. The maximum atomic E-state index is 11.7. The van der Waals surface area contributed by atoms with Crippen LogP contribution in [0.4, 0.5) is 0 Å². The number of hydrogen-bond donors (Lipinski definition) is 0. The lowest BCUT2D eigenvalue weighted by Crippen LogP contribution is -2.18. The van der Waals surface area contributed by atoms with E-state index in [0.29, 0.717) is 10.8 Å². The van der Waals surface area contributed by atoms with Gasteiger partial charge in [0, 0.05) is 4.47 Å². The number of fused-ring (bicyclic) bond motifs is 1. The van der Waals surface area contributed by atoms with E-state index in [1.807, 2.05) is 6.07 Å². The van der Waals surface area contributed by atoms with E-state index in [4.69, 9.17) is 0 Å². The topological polar surface area (TPSA) is 34.1 Å². The summed E-state index contributed by atoms with van der Waals surface area (Å²) >= 11 is 3.36. The summed E-state index contributed by atoms with van der Waals surface area (Å²) in [6, 6.07) is 5.40. The van der Waals surface area contributed by atoms with Crippen LogP contribution in [0.25, 0.3) is 0 Å². The second-order valence-electron chi connectivity index (χ2n) is 3.69. The molecule has 1 unspecified atom stereocenters. The van der Waals surface area contributed by atoms with Crippen molar-refractivity contribution in [3.05, 3.63) is 28.2 Å². The Hall–Kier alpha value is -0.350. The van der Waals surface area contributed by atoms with E-state index in [0.717, 1.165) is 16.5 Å². The van der Waals surface area contributed by atoms with Gasteiger partial charge in [-0.15, -0.1) is 0 Å². The van der Waals surface area contributed by atoms with Gasteiger partial charge in [0.25, 0.3) is 0 Å². The van der Waals surface area contributed by atoms with Crippen LogP contribution in [0.1, 0.15) is 24.8 Å². The average Bonchev–Trinajstić information content (AvgIpc) is 2.12. The minimum atomic E-state index is -3.01. The zero-order chi connectivity index (χ0) is 10.3. The quantitative estimate of drug-likeness (QED) is 0.729. The fraction of sp³-hybridized carbons (Fsp3) is 0.400. The van der Waals surface area contributed by atoms with Crippen LogP contribution in [0.2, 0.25) is 0 Å². The molecule has 1 atom stereocenters. The maximum absolute atomic E-state index is 11.7. The maximum Gasteiger partial charge on any atom is 0.178 e.